The zero-order valence-electron chi connectivity index (χ0n) is 5.97. The Morgan fingerprint density at radius 1 is 1.73 bits per heavy atom. The molecule has 6 heteroatoms. The highest BCUT2D eigenvalue weighted by Gasteiger charge is 2.12. The van der Waals surface area contributed by atoms with E-state index < -0.39 is 5.09 Å². The lowest BCUT2D eigenvalue weighted by Gasteiger charge is -2.00. The van der Waals surface area contributed by atoms with E-state index in [1.165, 1.54) is 0 Å². The lowest BCUT2D eigenvalue weighted by Crippen LogP contribution is -2.09. The van der Waals surface area contributed by atoms with Gasteiger partial charge in [-0.25, -0.2) is 0 Å². The Balaban J connectivity index is 0.000000218. The minimum Gasteiger partial charge on any atom is -0.394 e. The maximum absolute atomic E-state index is 8.44. The second kappa shape index (κ2) is 5.87. The van der Waals surface area contributed by atoms with Crippen LogP contribution in [0, 0.1) is 10.1 Å². The van der Waals surface area contributed by atoms with E-state index in [9.17, 15) is 0 Å². The molecular formula is C5H11NO5. The summed E-state index contributed by atoms with van der Waals surface area (Å²) in [5, 5.41) is 22.1. The van der Waals surface area contributed by atoms with Crippen molar-refractivity contribution in [3.05, 3.63) is 10.1 Å². The summed E-state index contributed by atoms with van der Waals surface area (Å²) in [5.74, 6) is 0. The largest absolute Gasteiger partial charge is 0.394 e. The number of nitrogens with zero attached hydrogens (tertiary/aromatic N) is 1. The van der Waals surface area contributed by atoms with Gasteiger partial charge in [-0.1, -0.05) is 0 Å². The van der Waals surface area contributed by atoms with Gasteiger partial charge in [0.25, 0.3) is 5.09 Å². The van der Waals surface area contributed by atoms with Gasteiger partial charge in [0.05, 0.1) is 12.7 Å². The second-order valence-electron chi connectivity index (χ2n) is 2.06. The third-order valence-corrected chi connectivity index (χ3v) is 1.23. The molecule has 0 amide bonds. The van der Waals surface area contributed by atoms with Crippen molar-refractivity contribution in [1.29, 1.82) is 0 Å². The molecule has 1 aliphatic rings. The maximum Gasteiger partial charge on any atom is 0.291 e. The van der Waals surface area contributed by atoms with Gasteiger partial charge in [0.15, 0.2) is 0 Å². The highest BCUT2D eigenvalue weighted by Crippen LogP contribution is 2.09. The van der Waals surface area contributed by atoms with E-state index in [1.54, 1.807) is 0 Å². The smallest absolute Gasteiger partial charge is 0.291 e. The van der Waals surface area contributed by atoms with E-state index in [4.69, 9.17) is 25.2 Å². The molecule has 66 valence electrons. The summed E-state index contributed by atoms with van der Waals surface area (Å²) in [5.41, 5.74) is 0. The summed E-state index contributed by atoms with van der Waals surface area (Å²) in [4.78, 5) is 8.36. The predicted molar refractivity (Wildman–Crippen MR) is 34.8 cm³/mol. The molecule has 1 aliphatic heterocycles. The van der Waals surface area contributed by atoms with Gasteiger partial charge in [0.2, 0.25) is 0 Å². The normalized spacial score (nSPS) is 22.1. The van der Waals surface area contributed by atoms with E-state index in [2.05, 4.69) is 0 Å². The number of ether oxygens (including phenoxy) is 1. The number of aliphatic hydroxyl groups excluding tert-OH is 1. The predicted octanol–water partition coefficient (Wildman–Crippen LogP) is -0.190. The molecule has 1 fully saturated rings. The summed E-state index contributed by atoms with van der Waals surface area (Å²) < 4.78 is 5.05. The Bertz CT molecular complexity index is 107. The molecule has 2 N–H and O–H groups in total. The first-order valence-corrected chi connectivity index (χ1v) is 3.22. The minimum atomic E-state index is -1.50. The van der Waals surface area contributed by atoms with Gasteiger partial charge in [-0.3, -0.25) is 0 Å². The zero-order chi connectivity index (χ0) is 8.69. The first-order chi connectivity index (χ1) is 5.16. The van der Waals surface area contributed by atoms with Crippen LogP contribution in [0.3, 0.4) is 0 Å². The number of hydrogen-bond donors (Lipinski definition) is 2. The zero-order valence-corrected chi connectivity index (χ0v) is 5.97. The Morgan fingerprint density at radius 3 is 2.45 bits per heavy atom. The van der Waals surface area contributed by atoms with Crippen LogP contribution in [-0.2, 0) is 4.74 Å². The number of hydrogen-bond acceptors (Lipinski definition) is 4. The summed E-state index contributed by atoms with van der Waals surface area (Å²) >= 11 is 0. The molecule has 11 heavy (non-hydrogen) atoms. The standard InChI is InChI=1S/C5H10O2.HNO3/c6-4-5-2-1-3-7-5;2-1(3)4/h5-6H,1-4H2;(H,2,3,4). The monoisotopic (exact) mass is 165 g/mol. The van der Waals surface area contributed by atoms with Crippen molar-refractivity contribution in [2.24, 2.45) is 0 Å². The van der Waals surface area contributed by atoms with Crippen LogP contribution in [0.4, 0.5) is 0 Å². The molecule has 6 nitrogen and oxygen atoms in total. The molecule has 0 spiro atoms. The fraction of sp³-hybridized carbons (Fsp3) is 1.00. The van der Waals surface area contributed by atoms with Crippen molar-refractivity contribution in [2.75, 3.05) is 13.2 Å². The van der Waals surface area contributed by atoms with Crippen LogP contribution >= 0.6 is 0 Å². The topological polar surface area (TPSA) is 92.8 Å². The van der Waals surface area contributed by atoms with Gasteiger partial charge in [0, 0.05) is 6.61 Å². The Morgan fingerprint density at radius 2 is 2.27 bits per heavy atom. The van der Waals surface area contributed by atoms with Gasteiger partial charge < -0.3 is 15.1 Å². The highest BCUT2D eigenvalue weighted by molar-refractivity contribution is 4.61. The molecule has 0 bridgehead atoms. The van der Waals surface area contributed by atoms with Gasteiger partial charge >= 0.3 is 0 Å². The molecule has 0 saturated carbocycles. The van der Waals surface area contributed by atoms with E-state index in [0.717, 1.165) is 19.4 Å². The molecule has 0 aliphatic carbocycles. The maximum atomic E-state index is 8.44. The number of rotatable bonds is 1. The van der Waals surface area contributed by atoms with Gasteiger partial charge in [-0.05, 0) is 12.8 Å². The third kappa shape index (κ3) is 7.01. The first kappa shape index (κ1) is 10.1. The van der Waals surface area contributed by atoms with Crippen molar-refractivity contribution in [3.63, 3.8) is 0 Å². The average Bonchev–Trinajstić information content (AvgIpc) is 2.36. The molecule has 1 saturated heterocycles. The molecule has 0 aromatic carbocycles. The van der Waals surface area contributed by atoms with Crippen LogP contribution in [0.25, 0.3) is 0 Å². The van der Waals surface area contributed by atoms with Crippen molar-refractivity contribution in [3.8, 4) is 0 Å². The molecule has 0 aromatic heterocycles. The molecule has 0 radical (unpaired) electrons. The summed E-state index contributed by atoms with van der Waals surface area (Å²) in [6.45, 7) is 1.03. The lowest BCUT2D eigenvalue weighted by molar-refractivity contribution is -0.742. The third-order valence-electron chi connectivity index (χ3n) is 1.23. The van der Waals surface area contributed by atoms with Gasteiger partial charge in [-0.15, -0.1) is 10.1 Å². The van der Waals surface area contributed by atoms with Crippen LogP contribution in [0.15, 0.2) is 0 Å². The van der Waals surface area contributed by atoms with E-state index in [0.29, 0.717) is 0 Å². The molecule has 1 rings (SSSR count). The highest BCUT2D eigenvalue weighted by atomic mass is 16.9. The second-order valence-corrected chi connectivity index (χ2v) is 2.06. The molecular weight excluding hydrogens is 154 g/mol. The number of aliphatic hydroxyl groups is 1. The van der Waals surface area contributed by atoms with Crippen LogP contribution < -0.4 is 0 Å². The lowest BCUT2D eigenvalue weighted by atomic mass is 10.2. The Hall–Kier alpha value is -0.880. The van der Waals surface area contributed by atoms with Crippen LogP contribution in [0.5, 0.6) is 0 Å². The van der Waals surface area contributed by atoms with Crippen molar-refractivity contribution in [2.45, 2.75) is 18.9 Å². The van der Waals surface area contributed by atoms with Gasteiger partial charge in [-0.2, -0.15) is 0 Å². The van der Waals surface area contributed by atoms with Crippen molar-refractivity contribution >= 4 is 0 Å². The summed E-state index contributed by atoms with van der Waals surface area (Å²) in [6, 6.07) is 0. The van der Waals surface area contributed by atoms with Crippen LogP contribution in [0.1, 0.15) is 12.8 Å². The van der Waals surface area contributed by atoms with E-state index in [-0.39, 0.29) is 12.7 Å². The Labute approximate surface area is 63.5 Å². The SMILES string of the molecule is O=[N+]([O-])O.OCC1CCCO1. The van der Waals surface area contributed by atoms with Crippen molar-refractivity contribution in [1.82, 2.24) is 0 Å². The van der Waals surface area contributed by atoms with E-state index >= 15 is 0 Å². The fourth-order valence-corrected chi connectivity index (χ4v) is 0.788. The van der Waals surface area contributed by atoms with Gasteiger partial charge in [0.1, 0.15) is 0 Å². The quantitative estimate of drug-likeness (QED) is 0.415. The van der Waals surface area contributed by atoms with Crippen molar-refractivity contribution < 1.29 is 20.1 Å². The summed E-state index contributed by atoms with van der Waals surface area (Å²) in [7, 11) is 0. The van der Waals surface area contributed by atoms with E-state index in [1.807, 2.05) is 0 Å². The summed E-state index contributed by atoms with van der Waals surface area (Å²) in [6.07, 6.45) is 2.31. The fourth-order valence-electron chi connectivity index (χ4n) is 0.788. The molecule has 0 aromatic rings. The molecule has 1 heterocycles. The molecule has 1 unspecified atom stereocenters. The minimum absolute atomic E-state index is 0.153. The van der Waals surface area contributed by atoms with Crippen LogP contribution in [-0.4, -0.2) is 34.7 Å². The van der Waals surface area contributed by atoms with Crippen LogP contribution in [0.2, 0.25) is 0 Å². The average molecular weight is 165 g/mol. The molecule has 1 atom stereocenters. The first-order valence-electron chi connectivity index (χ1n) is 3.22. The Kier molecular flexibility index (Phi) is 5.40.